The van der Waals surface area contributed by atoms with Crippen LogP contribution < -0.4 is 10.9 Å². The molecule has 0 bridgehead atoms. The van der Waals surface area contributed by atoms with Gasteiger partial charge in [-0.15, -0.1) is 0 Å². The van der Waals surface area contributed by atoms with Gasteiger partial charge in [0.2, 0.25) is 5.78 Å². The zero-order valence-corrected chi connectivity index (χ0v) is 15.5. The minimum Gasteiger partial charge on any atom is -0.382 e. The van der Waals surface area contributed by atoms with Crippen molar-refractivity contribution in [2.24, 2.45) is 0 Å². The standard InChI is InChI=1S/C18H14ClN3O4S/c19-14-10-13(22(25)26)6-7-15(14)20-8-9-21-17(23)11-16(27-21)18(24)12-4-2-1-3-5-12/h1-7,10-11,20H,8-9H2. The van der Waals surface area contributed by atoms with Gasteiger partial charge in [-0.3, -0.25) is 23.7 Å². The number of nitro groups is 1. The fourth-order valence-corrected chi connectivity index (χ4v) is 3.58. The van der Waals surface area contributed by atoms with E-state index < -0.39 is 4.92 Å². The Morgan fingerprint density at radius 3 is 2.59 bits per heavy atom. The number of nitro benzene ring substituents is 1. The molecule has 0 radical (unpaired) electrons. The minimum atomic E-state index is -0.522. The third-order valence-corrected chi connectivity index (χ3v) is 5.16. The number of carbonyl (C=O) groups excluding carboxylic acids is 1. The molecule has 1 aromatic heterocycles. The van der Waals surface area contributed by atoms with Crippen LogP contribution in [0.1, 0.15) is 15.2 Å². The van der Waals surface area contributed by atoms with Gasteiger partial charge in [-0.05, 0) is 6.07 Å². The van der Waals surface area contributed by atoms with Crippen LogP contribution in [0.5, 0.6) is 0 Å². The number of nitrogens with zero attached hydrogens (tertiary/aromatic N) is 2. The molecule has 2 aromatic carbocycles. The molecule has 0 saturated heterocycles. The lowest BCUT2D eigenvalue weighted by Crippen LogP contribution is -2.17. The van der Waals surface area contributed by atoms with E-state index in [0.717, 1.165) is 11.5 Å². The van der Waals surface area contributed by atoms with E-state index in [9.17, 15) is 19.7 Å². The summed E-state index contributed by atoms with van der Waals surface area (Å²) in [6.45, 7) is 0.704. The van der Waals surface area contributed by atoms with Crippen LogP contribution in [0, 0.1) is 10.1 Å². The average Bonchev–Trinajstić information content (AvgIpc) is 3.03. The predicted molar refractivity (Wildman–Crippen MR) is 105 cm³/mol. The maximum absolute atomic E-state index is 12.4. The van der Waals surface area contributed by atoms with Crippen LogP contribution in [0.4, 0.5) is 11.4 Å². The number of ketones is 1. The second-order valence-corrected chi connectivity index (χ2v) is 7.05. The number of rotatable bonds is 7. The van der Waals surface area contributed by atoms with Gasteiger partial charge in [0.05, 0.1) is 27.1 Å². The summed E-state index contributed by atoms with van der Waals surface area (Å²) in [5.74, 6) is -0.192. The lowest BCUT2D eigenvalue weighted by molar-refractivity contribution is -0.384. The van der Waals surface area contributed by atoms with Gasteiger partial charge >= 0.3 is 0 Å². The van der Waals surface area contributed by atoms with Crippen molar-refractivity contribution in [3.8, 4) is 0 Å². The van der Waals surface area contributed by atoms with Crippen molar-refractivity contribution in [2.75, 3.05) is 11.9 Å². The minimum absolute atomic E-state index is 0.0934. The summed E-state index contributed by atoms with van der Waals surface area (Å²) >= 11 is 7.12. The van der Waals surface area contributed by atoms with Crippen molar-refractivity contribution in [1.29, 1.82) is 0 Å². The number of hydrogen-bond acceptors (Lipinski definition) is 6. The maximum atomic E-state index is 12.4. The first-order chi connectivity index (χ1) is 13.0. The van der Waals surface area contributed by atoms with Crippen molar-refractivity contribution < 1.29 is 9.72 Å². The number of nitrogens with one attached hydrogen (secondary N) is 1. The third-order valence-electron chi connectivity index (χ3n) is 3.76. The van der Waals surface area contributed by atoms with Crippen LogP contribution in [0.15, 0.2) is 59.4 Å². The molecule has 9 heteroatoms. The Kier molecular flexibility index (Phi) is 5.68. The Hall–Kier alpha value is -2.97. The van der Waals surface area contributed by atoms with E-state index in [2.05, 4.69) is 5.32 Å². The van der Waals surface area contributed by atoms with Gasteiger partial charge in [-0.1, -0.05) is 53.5 Å². The van der Waals surface area contributed by atoms with E-state index >= 15 is 0 Å². The first kappa shape index (κ1) is 18.8. The molecular weight excluding hydrogens is 390 g/mol. The second-order valence-electron chi connectivity index (χ2n) is 5.58. The Morgan fingerprint density at radius 2 is 1.93 bits per heavy atom. The van der Waals surface area contributed by atoms with Gasteiger partial charge in [-0.25, -0.2) is 0 Å². The van der Waals surface area contributed by atoms with E-state index in [4.69, 9.17) is 11.6 Å². The van der Waals surface area contributed by atoms with Gasteiger partial charge in [-0.2, -0.15) is 0 Å². The van der Waals surface area contributed by atoms with E-state index in [-0.39, 0.29) is 22.1 Å². The largest absolute Gasteiger partial charge is 0.382 e. The predicted octanol–water partition coefficient (Wildman–Crippen LogP) is 3.81. The fraction of sp³-hybridized carbons (Fsp3) is 0.111. The first-order valence-corrected chi connectivity index (χ1v) is 9.09. The average molecular weight is 404 g/mol. The Labute approximate surface area is 163 Å². The topological polar surface area (TPSA) is 94.2 Å². The molecule has 0 unspecified atom stereocenters. The summed E-state index contributed by atoms with van der Waals surface area (Å²) < 4.78 is 1.47. The molecule has 0 aliphatic heterocycles. The molecular formula is C18H14ClN3O4S. The highest BCUT2D eigenvalue weighted by atomic mass is 35.5. The number of benzene rings is 2. The fourth-order valence-electron chi connectivity index (χ4n) is 2.42. The number of aromatic nitrogens is 1. The number of non-ortho nitro benzene ring substituents is 1. The maximum Gasteiger partial charge on any atom is 0.271 e. The number of halogens is 1. The summed E-state index contributed by atoms with van der Waals surface area (Å²) in [6.07, 6.45) is 0. The monoisotopic (exact) mass is 403 g/mol. The van der Waals surface area contributed by atoms with Gasteiger partial charge < -0.3 is 5.32 Å². The zero-order valence-electron chi connectivity index (χ0n) is 13.9. The van der Waals surface area contributed by atoms with Crippen LogP contribution >= 0.6 is 23.1 Å². The highest BCUT2D eigenvalue weighted by Gasteiger charge is 2.14. The zero-order chi connectivity index (χ0) is 19.4. The molecule has 0 fully saturated rings. The van der Waals surface area contributed by atoms with Gasteiger partial charge in [0.1, 0.15) is 0 Å². The molecule has 0 atom stereocenters. The molecule has 1 N–H and O–H groups in total. The summed E-state index contributed by atoms with van der Waals surface area (Å²) in [5.41, 5.74) is 0.717. The van der Waals surface area contributed by atoms with Crippen LogP contribution in [0.3, 0.4) is 0 Å². The molecule has 0 spiro atoms. The normalized spacial score (nSPS) is 10.6. The van der Waals surface area contributed by atoms with Crippen LogP contribution in [0.2, 0.25) is 5.02 Å². The molecule has 0 aliphatic rings. The summed E-state index contributed by atoms with van der Waals surface area (Å²) in [7, 11) is 0. The third kappa shape index (κ3) is 4.42. The van der Waals surface area contributed by atoms with Crippen molar-refractivity contribution in [1.82, 2.24) is 3.96 Å². The summed E-state index contributed by atoms with van der Waals surface area (Å²) in [5, 5.41) is 14.0. The highest BCUT2D eigenvalue weighted by molar-refractivity contribution is 7.08. The number of anilines is 1. The van der Waals surface area contributed by atoms with Crippen molar-refractivity contribution in [3.63, 3.8) is 0 Å². The molecule has 0 saturated carbocycles. The quantitative estimate of drug-likeness (QED) is 0.367. The smallest absolute Gasteiger partial charge is 0.271 e. The molecule has 0 aliphatic carbocycles. The molecule has 138 valence electrons. The number of carbonyl (C=O) groups is 1. The van der Waals surface area contributed by atoms with E-state index in [1.165, 1.54) is 28.2 Å². The van der Waals surface area contributed by atoms with Crippen molar-refractivity contribution in [2.45, 2.75) is 6.54 Å². The molecule has 0 amide bonds. The molecule has 1 heterocycles. The van der Waals surface area contributed by atoms with Gasteiger partial charge in [0.15, 0.2) is 0 Å². The van der Waals surface area contributed by atoms with Crippen molar-refractivity contribution in [3.05, 3.63) is 90.5 Å². The summed E-state index contributed by atoms with van der Waals surface area (Å²) in [6, 6.07) is 14.2. The lowest BCUT2D eigenvalue weighted by Gasteiger charge is -2.08. The van der Waals surface area contributed by atoms with Crippen LogP contribution in [-0.2, 0) is 6.54 Å². The number of hydrogen-bond donors (Lipinski definition) is 1. The molecule has 3 aromatic rings. The Balaban J connectivity index is 1.66. The highest BCUT2D eigenvalue weighted by Crippen LogP contribution is 2.26. The molecule has 3 rings (SSSR count). The van der Waals surface area contributed by atoms with Gasteiger partial charge in [0, 0.05) is 30.3 Å². The molecule has 27 heavy (non-hydrogen) atoms. The first-order valence-electron chi connectivity index (χ1n) is 7.94. The van der Waals surface area contributed by atoms with E-state index in [1.54, 1.807) is 24.3 Å². The van der Waals surface area contributed by atoms with E-state index in [1.807, 2.05) is 6.07 Å². The molecule has 7 nitrogen and oxygen atoms in total. The SMILES string of the molecule is O=C(c1ccccc1)c1cc(=O)n(CCNc2ccc([N+](=O)[O-])cc2Cl)s1. The lowest BCUT2D eigenvalue weighted by atomic mass is 10.1. The van der Waals surface area contributed by atoms with Crippen LogP contribution in [0.25, 0.3) is 0 Å². The Bertz CT molecular complexity index is 1050. The Morgan fingerprint density at radius 1 is 1.19 bits per heavy atom. The van der Waals surface area contributed by atoms with E-state index in [0.29, 0.717) is 29.2 Å². The second kappa shape index (κ2) is 8.15. The van der Waals surface area contributed by atoms with Crippen LogP contribution in [-0.4, -0.2) is 21.2 Å². The van der Waals surface area contributed by atoms with Crippen molar-refractivity contribution >= 4 is 40.3 Å². The summed E-state index contributed by atoms with van der Waals surface area (Å²) in [4.78, 5) is 35.1. The van der Waals surface area contributed by atoms with Gasteiger partial charge in [0.25, 0.3) is 11.2 Å².